The second-order valence-electron chi connectivity index (χ2n) is 9.22. The molecule has 35 heavy (non-hydrogen) atoms. The summed E-state index contributed by atoms with van der Waals surface area (Å²) in [6.07, 6.45) is 0. The van der Waals surface area contributed by atoms with E-state index >= 15 is 0 Å². The summed E-state index contributed by atoms with van der Waals surface area (Å²) in [6.45, 7) is 9.10. The van der Waals surface area contributed by atoms with Crippen LogP contribution in [0.1, 0.15) is 41.3 Å². The zero-order chi connectivity index (χ0) is 24.8. The van der Waals surface area contributed by atoms with E-state index in [0.717, 1.165) is 46.9 Å². The van der Waals surface area contributed by atoms with Crippen LogP contribution in [0.3, 0.4) is 0 Å². The number of ether oxygens (including phenoxy) is 1. The Bertz CT molecular complexity index is 1150. The molecule has 0 radical (unpaired) electrons. The smallest absolute Gasteiger partial charge is 0.262 e. The van der Waals surface area contributed by atoms with E-state index in [9.17, 15) is 9.59 Å². The highest BCUT2D eigenvalue weighted by Gasteiger charge is 2.22. The third-order valence-electron chi connectivity index (χ3n) is 6.25. The Kier molecular flexibility index (Phi) is 7.70. The number of amides is 2. The van der Waals surface area contributed by atoms with Gasteiger partial charge in [0.25, 0.3) is 11.8 Å². The molecule has 6 heteroatoms. The van der Waals surface area contributed by atoms with Gasteiger partial charge < -0.3 is 19.9 Å². The minimum Gasteiger partial charge on any atom is -0.483 e. The summed E-state index contributed by atoms with van der Waals surface area (Å²) in [5, 5.41) is 2.91. The predicted molar refractivity (Wildman–Crippen MR) is 140 cm³/mol. The van der Waals surface area contributed by atoms with E-state index in [2.05, 4.69) is 36.2 Å². The lowest BCUT2D eigenvalue weighted by atomic mass is 10.0. The lowest BCUT2D eigenvalue weighted by Gasteiger charge is -2.36. The van der Waals surface area contributed by atoms with E-state index in [0.29, 0.717) is 19.0 Å². The fourth-order valence-electron chi connectivity index (χ4n) is 4.27. The van der Waals surface area contributed by atoms with Crippen molar-refractivity contribution in [2.24, 2.45) is 0 Å². The molecule has 1 heterocycles. The maximum Gasteiger partial charge on any atom is 0.262 e. The molecule has 0 atom stereocenters. The lowest BCUT2D eigenvalue weighted by Crippen LogP contribution is -2.48. The maximum atomic E-state index is 12.7. The molecule has 2 amide bonds. The highest BCUT2D eigenvalue weighted by atomic mass is 16.5. The molecule has 6 nitrogen and oxygen atoms in total. The van der Waals surface area contributed by atoms with Crippen LogP contribution in [0.15, 0.2) is 72.8 Å². The predicted octanol–water partition coefficient (Wildman–Crippen LogP) is 5.10. The van der Waals surface area contributed by atoms with Gasteiger partial charge in [-0.1, -0.05) is 44.2 Å². The minimum absolute atomic E-state index is 0.0394. The molecule has 1 aliphatic heterocycles. The summed E-state index contributed by atoms with van der Waals surface area (Å²) < 4.78 is 5.84. The van der Waals surface area contributed by atoms with E-state index in [-0.39, 0.29) is 18.4 Å². The maximum absolute atomic E-state index is 12.7. The molecule has 0 saturated carbocycles. The van der Waals surface area contributed by atoms with Crippen molar-refractivity contribution >= 4 is 23.2 Å². The average Bonchev–Trinajstić information content (AvgIpc) is 2.88. The van der Waals surface area contributed by atoms with Gasteiger partial charge in [0.15, 0.2) is 6.61 Å². The van der Waals surface area contributed by atoms with Crippen LogP contribution in [0.5, 0.6) is 5.75 Å². The number of aryl methyl sites for hydroxylation is 1. The number of anilines is 2. The van der Waals surface area contributed by atoms with Crippen molar-refractivity contribution in [3.63, 3.8) is 0 Å². The summed E-state index contributed by atoms with van der Waals surface area (Å²) in [5.41, 5.74) is 4.73. The van der Waals surface area contributed by atoms with E-state index in [4.69, 9.17) is 4.74 Å². The van der Waals surface area contributed by atoms with Crippen molar-refractivity contribution in [2.75, 3.05) is 43.0 Å². The molecule has 1 fully saturated rings. The van der Waals surface area contributed by atoms with Crippen molar-refractivity contribution < 1.29 is 14.3 Å². The summed E-state index contributed by atoms with van der Waals surface area (Å²) in [5.74, 6) is 0.966. The summed E-state index contributed by atoms with van der Waals surface area (Å²) >= 11 is 0. The molecular weight excluding hydrogens is 438 g/mol. The molecule has 1 aliphatic rings. The van der Waals surface area contributed by atoms with Crippen LogP contribution in [0.25, 0.3) is 0 Å². The van der Waals surface area contributed by atoms with Gasteiger partial charge in [-0.2, -0.15) is 0 Å². The van der Waals surface area contributed by atoms with E-state index in [1.807, 2.05) is 72.5 Å². The molecule has 4 rings (SSSR count). The third kappa shape index (κ3) is 6.21. The second kappa shape index (κ2) is 11.1. The normalized spacial score (nSPS) is 13.6. The molecule has 0 aliphatic carbocycles. The van der Waals surface area contributed by atoms with Crippen LogP contribution in [-0.2, 0) is 4.79 Å². The van der Waals surface area contributed by atoms with Crippen LogP contribution in [-0.4, -0.2) is 49.5 Å². The first kappa shape index (κ1) is 24.3. The molecular formula is C29H33N3O3. The fourth-order valence-corrected chi connectivity index (χ4v) is 4.27. The number of carbonyl (C=O) groups is 2. The largest absolute Gasteiger partial charge is 0.483 e. The van der Waals surface area contributed by atoms with E-state index < -0.39 is 0 Å². The van der Waals surface area contributed by atoms with Gasteiger partial charge in [-0.05, 0) is 66.4 Å². The summed E-state index contributed by atoms with van der Waals surface area (Å²) in [6, 6.07) is 23.3. The zero-order valence-electron chi connectivity index (χ0n) is 20.7. The van der Waals surface area contributed by atoms with Gasteiger partial charge in [0.2, 0.25) is 0 Å². The molecule has 1 saturated heterocycles. The van der Waals surface area contributed by atoms with Crippen molar-refractivity contribution in [1.82, 2.24) is 4.90 Å². The van der Waals surface area contributed by atoms with E-state index in [1.165, 1.54) is 0 Å². The Balaban J connectivity index is 1.28. The van der Waals surface area contributed by atoms with Crippen molar-refractivity contribution in [3.8, 4) is 5.75 Å². The first-order valence-corrected chi connectivity index (χ1v) is 12.1. The van der Waals surface area contributed by atoms with Crippen LogP contribution >= 0.6 is 0 Å². The van der Waals surface area contributed by atoms with Crippen LogP contribution in [0, 0.1) is 6.92 Å². The molecule has 3 aromatic rings. The number of rotatable bonds is 7. The standard InChI is InChI=1S/C29H33N3O3/c1-21(2)26-14-9-22(3)19-27(26)35-20-28(33)30-24-10-12-25(13-11-24)31-15-17-32(18-16-31)29(34)23-7-5-4-6-8-23/h4-14,19,21H,15-18,20H2,1-3H3,(H,30,33). The molecule has 1 N–H and O–H groups in total. The number of carbonyl (C=O) groups excluding carboxylic acids is 2. The topological polar surface area (TPSA) is 61.9 Å². The quantitative estimate of drug-likeness (QED) is 0.521. The number of nitrogens with zero attached hydrogens (tertiary/aromatic N) is 2. The number of nitrogens with one attached hydrogen (secondary N) is 1. The Morgan fingerprint density at radius 2 is 1.60 bits per heavy atom. The molecule has 0 bridgehead atoms. The van der Waals surface area contributed by atoms with Gasteiger partial charge in [-0.3, -0.25) is 9.59 Å². The zero-order valence-corrected chi connectivity index (χ0v) is 20.7. The Morgan fingerprint density at radius 3 is 2.26 bits per heavy atom. The molecule has 0 aromatic heterocycles. The van der Waals surface area contributed by atoms with Crippen molar-refractivity contribution in [1.29, 1.82) is 0 Å². The Labute approximate surface area is 207 Å². The first-order valence-electron chi connectivity index (χ1n) is 12.1. The fraction of sp³-hybridized carbons (Fsp3) is 0.310. The Hall–Kier alpha value is -3.80. The number of hydrogen-bond acceptors (Lipinski definition) is 4. The SMILES string of the molecule is Cc1ccc(C(C)C)c(OCC(=O)Nc2ccc(N3CCN(C(=O)c4ccccc4)CC3)cc2)c1. The van der Waals surface area contributed by atoms with Gasteiger partial charge in [-0.15, -0.1) is 0 Å². The number of benzene rings is 3. The van der Waals surface area contributed by atoms with Gasteiger partial charge in [0.1, 0.15) is 5.75 Å². The van der Waals surface area contributed by atoms with Gasteiger partial charge in [0, 0.05) is 43.1 Å². The molecule has 0 spiro atoms. The monoisotopic (exact) mass is 471 g/mol. The van der Waals surface area contributed by atoms with Crippen LogP contribution in [0.2, 0.25) is 0 Å². The highest BCUT2D eigenvalue weighted by molar-refractivity contribution is 5.94. The van der Waals surface area contributed by atoms with Crippen molar-refractivity contribution in [3.05, 3.63) is 89.5 Å². The number of piperazine rings is 1. The first-order chi connectivity index (χ1) is 16.9. The van der Waals surface area contributed by atoms with Gasteiger partial charge in [0.05, 0.1) is 0 Å². The Morgan fingerprint density at radius 1 is 0.914 bits per heavy atom. The molecule has 3 aromatic carbocycles. The van der Waals surface area contributed by atoms with Crippen molar-refractivity contribution in [2.45, 2.75) is 26.7 Å². The summed E-state index contributed by atoms with van der Waals surface area (Å²) in [4.78, 5) is 29.3. The second-order valence-corrected chi connectivity index (χ2v) is 9.22. The molecule has 0 unspecified atom stereocenters. The number of hydrogen-bond donors (Lipinski definition) is 1. The minimum atomic E-state index is -0.193. The van der Waals surface area contributed by atoms with Gasteiger partial charge >= 0.3 is 0 Å². The average molecular weight is 472 g/mol. The van der Waals surface area contributed by atoms with Gasteiger partial charge in [-0.25, -0.2) is 0 Å². The molecule has 182 valence electrons. The van der Waals surface area contributed by atoms with Crippen LogP contribution < -0.4 is 15.0 Å². The van der Waals surface area contributed by atoms with E-state index in [1.54, 1.807) is 0 Å². The third-order valence-corrected chi connectivity index (χ3v) is 6.25. The highest BCUT2D eigenvalue weighted by Crippen LogP contribution is 2.27. The van der Waals surface area contributed by atoms with Crippen LogP contribution in [0.4, 0.5) is 11.4 Å². The summed E-state index contributed by atoms with van der Waals surface area (Å²) in [7, 11) is 0. The lowest BCUT2D eigenvalue weighted by molar-refractivity contribution is -0.118.